The fourth-order valence-corrected chi connectivity index (χ4v) is 1.96. The van der Waals surface area contributed by atoms with Crippen LogP contribution >= 0.6 is 0 Å². The van der Waals surface area contributed by atoms with Gasteiger partial charge in [0.2, 0.25) is 0 Å². The molecule has 16 heavy (non-hydrogen) atoms. The minimum Gasteiger partial charge on any atom is -0.372 e. The minimum atomic E-state index is -0.908. The molecule has 1 heterocycles. The van der Waals surface area contributed by atoms with Crippen LogP contribution in [0.25, 0.3) is 0 Å². The Kier molecular flexibility index (Phi) is 3.16. The molecule has 0 aromatic heterocycles. The highest BCUT2D eigenvalue weighted by molar-refractivity contribution is 5.23. The Hall–Kier alpha value is -1.47. The van der Waals surface area contributed by atoms with Crippen molar-refractivity contribution in [2.45, 2.75) is 18.9 Å². The molecule has 1 aromatic carbocycles. The van der Waals surface area contributed by atoms with Crippen LogP contribution < -0.4 is 0 Å². The molecule has 2 atom stereocenters. The van der Waals surface area contributed by atoms with Crippen LogP contribution in [-0.4, -0.2) is 6.61 Å². The van der Waals surface area contributed by atoms with E-state index in [0.29, 0.717) is 13.0 Å². The highest BCUT2D eigenvalue weighted by Crippen LogP contribution is 2.34. The van der Waals surface area contributed by atoms with Gasteiger partial charge < -0.3 is 4.74 Å². The normalized spacial score (nSPS) is 25.1. The number of rotatable bonds is 1. The van der Waals surface area contributed by atoms with Crippen molar-refractivity contribution in [2.24, 2.45) is 5.92 Å². The molecular weight excluding hydrogens is 212 g/mol. The highest BCUT2D eigenvalue weighted by Gasteiger charge is 2.30. The number of benzene rings is 1. The summed E-state index contributed by atoms with van der Waals surface area (Å²) in [6, 6.07) is 6.05. The van der Waals surface area contributed by atoms with Gasteiger partial charge in [-0.05, 0) is 18.9 Å². The number of hydrogen-bond donors (Lipinski definition) is 0. The van der Waals surface area contributed by atoms with Crippen LogP contribution in [0.2, 0.25) is 0 Å². The lowest BCUT2D eigenvalue weighted by Crippen LogP contribution is -2.22. The Morgan fingerprint density at radius 2 is 2.19 bits per heavy atom. The molecule has 1 saturated heterocycles. The van der Waals surface area contributed by atoms with E-state index in [0.717, 1.165) is 12.5 Å². The van der Waals surface area contributed by atoms with E-state index in [9.17, 15) is 8.78 Å². The molecule has 0 aliphatic carbocycles. The molecule has 2 rings (SSSR count). The van der Waals surface area contributed by atoms with E-state index in [4.69, 9.17) is 10.00 Å². The topological polar surface area (TPSA) is 33.0 Å². The van der Waals surface area contributed by atoms with Gasteiger partial charge in [0.1, 0.15) is 6.10 Å². The third kappa shape index (κ3) is 1.91. The van der Waals surface area contributed by atoms with Crippen molar-refractivity contribution in [1.82, 2.24) is 0 Å². The average Bonchev–Trinajstić information content (AvgIpc) is 2.33. The first-order valence-corrected chi connectivity index (χ1v) is 5.19. The molecule has 2 nitrogen and oxygen atoms in total. The van der Waals surface area contributed by atoms with E-state index in [1.165, 1.54) is 12.1 Å². The molecule has 2 unspecified atom stereocenters. The standard InChI is InChI=1S/C12H11F2NO/c13-10-5-1-4-9(11(10)14)12-8(7-15)3-2-6-16-12/h1,4-5,8,12H,2-3,6H2. The lowest BCUT2D eigenvalue weighted by molar-refractivity contribution is -0.0125. The van der Waals surface area contributed by atoms with Crippen molar-refractivity contribution in [1.29, 1.82) is 5.26 Å². The third-order valence-corrected chi connectivity index (χ3v) is 2.78. The Balaban J connectivity index is 2.35. The van der Waals surface area contributed by atoms with Gasteiger partial charge in [-0.1, -0.05) is 12.1 Å². The van der Waals surface area contributed by atoms with Crippen LogP contribution in [-0.2, 0) is 4.74 Å². The molecule has 0 bridgehead atoms. The maximum absolute atomic E-state index is 13.5. The highest BCUT2D eigenvalue weighted by atomic mass is 19.2. The maximum Gasteiger partial charge on any atom is 0.164 e. The van der Waals surface area contributed by atoms with Gasteiger partial charge in [0.15, 0.2) is 11.6 Å². The Labute approximate surface area is 92.5 Å². The molecule has 4 heteroatoms. The monoisotopic (exact) mass is 223 g/mol. The van der Waals surface area contributed by atoms with Crippen molar-refractivity contribution < 1.29 is 13.5 Å². The predicted molar refractivity (Wildman–Crippen MR) is 53.4 cm³/mol. The average molecular weight is 223 g/mol. The molecule has 0 spiro atoms. The second-order valence-corrected chi connectivity index (χ2v) is 3.81. The zero-order chi connectivity index (χ0) is 11.5. The van der Waals surface area contributed by atoms with Crippen molar-refractivity contribution in [3.8, 4) is 6.07 Å². The van der Waals surface area contributed by atoms with Crippen LogP contribution in [0.4, 0.5) is 8.78 Å². The number of nitrogens with zero attached hydrogens (tertiary/aromatic N) is 1. The summed E-state index contributed by atoms with van der Waals surface area (Å²) >= 11 is 0. The molecule has 84 valence electrons. The van der Waals surface area contributed by atoms with Crippen molar-refractivity contribution in [3.63, 3.8) is 0 Å². The van der Waals surface area contributed by atoms with E-state index < -0.39 is 23.7 Å². The summed E-state index contributed by atoms with van der Waals surface area (Å²) in [4.78, 5) is 0. The van der Waals surface area contributed by atoms with Crippen LogP contribution in [0, 0.1) is 28.9 Å². The summed E-state index contributed by atoms with van der Waals surface area (Å²) in [7, 11) is 0. The van der Waals surface area contributed by atoms with Gasteiger partial charge in [-0.15, -0.1) is 0 Å². The minimum absolute atomic E-state index is 0.145. The molecule has 0 radical (unpaired) electrons. The third-order valence-electron chi connectivity index (χ3n) is 2.78. The second-order valence-electron chi connectivity index (χ2n) is 3.81. The molecule has 1 aliphatic rings. The Morgan fingerprint density at radius 3 is 2.94 bits per heavy atom. The lowest BCUT2D eigenvalue weighted by atomic mass is 9.90. The van der Waals surface area contributed by atoms with Gasteiger partial charge in [0, 0.05) is 12.2 Å². The van der Waals surface area contributed by atoms with Gasteiger partial charge in [0.25, 0.3) is 0 Å². The van der Waals surface area contributed by atoms with Gasteiger partial charge in [0.05, 0.1) is 12.0 Å². The first-order chi connectivity index (χ1) is 7.74. The number of halogens is 2. The van der Waals surface area contributed by atoms with Crippen LogP contribution in [0.15, 0.2) is 18.2 Å². The van der Waals surface area contributed by atoms with Crippen LogP contribution in [0.5, 0.6) is 0 Å². The Morgan fingerprint density at radius 1 is 1.38 bits per heavy atom. The summed E-state index contributed by atoms with van der Waals surface area (Å²) in [6.45, 7) is 0.485. The zero-order valence-corrected chi connectivity index (χ0v) is 8.62. The molecule has 1 aromatic rings. The molecule has 0 amide bonds. The van der Waals surface area contributed by atoms with Gasteiger partial charge in [-0.25, -0.2) is 8.78 Å². The molecule has 0 saturated carbocycles. The molecular formula is C12H11F2NO. The zero-order valence-electron chi connectivity index (χ0n) is 8.62. The van der Waals surface area contributed by atoms with Gasteiger partial charge in [-0.2, -0.15) is 5.26 Å². The summed E-state index contributed by atoms with van der Waals surface area (Å²) in [5, 5.41) is 8.94. The van der Waals surface area contributed by atoms with Crippen molar-refractivity contribution >= 4 is 0 Å². The van der Waals surface area contributed by atoms with E-state index >= 15 is 0 Å². The maximum atomic E-state index is 13.5. The first kappa shape index (κ1) is 11.0. The van der Waals surface area contributed by atoms with Gasteiger partial charge >= 0.3 is 0 Å². The van der Waals surface area contributed by atoms with E-state index in [2.05, 4.69) is 6.07 Å². The smallest absolute Gasteiger partial charge is 0.164 e. The fraction of sp³-hybridized carbons (Fsp3) is 0.417. The van der Waals surface area contributed by atoms with E-state index in [-0.39, 0.29) is 5.56 Å². The summed E-state index contributed by atoms with van der Waals surface area (Å²) < 4.78 is 32.0. The van der Waals surface area contributed by atoms with Crippen molar-refractivity contribution in [2.75, 3.05) is 6.61 Å². The number of nitriles is 1. The van der Waals surface area contributed by atoms with E-state index in [1.807, 2.05) is 0 Å². The molecule has 1 fully saturated rings. The van der Waals surface area contributed by atoms with Crippen LogP contribution in [0.3, 0.4) is 0 Å². The Bertz CT molecular complexity index is 428. The number of ether oxygens (including phenoxy) is 1. The quantitative estimate of drug-likeness (QED) is 0.733. The summed E-state index contributed by atoms with van der Waals surface area (Å²) in [6.07, 6.45) is 0.803. The predicted octanol–water partition coefficient (Wildman–Crippen LogP) is 2.96. The van der Waals surface area contributed by atoms with Gasteiger partial charge in [-0.3, -0.25) is 0 Å². The summed E-state index contributed by atoms with van der Waals surface area (Å²) in [5.74, 6) is -2.21. The lowest BCUT2D eigenvalue weighted by Gasteiger charge is -2.27. The molecule has 0 N–H and O–H groups in total. The summed E-state index contributed by atoms with van der Waals surface area (Å²) in [5.41, 5.74) is 0.145. The van der Waals surface area contributed by atoms with E-state index in [1.54, 1.807) is 0 Å². The molecule has 1 aliphatic heterocycles. The number of hydrogen-bond acceptors (Lipinski definition) is 2. The van der Waals surface area contributed by atoms with Crippen molar-refractivity contribution in [3.05, 3.63) is 35.4 Å². The van der Waals surface area contributed by atoms with Crippen LogP contribution in [0.1, 0.15) is 24.5 Å². The fourth-order valence-electron chi connectivity index (χ4n) is 1.96. The largest absolute Gasteiger partial charge is 0.372 e. The second kappa shape index (κ2) is 4.58. The SMILES string of the molecule is N#CC1CCCOC1c1cccc(F)c1F. The first-order valence-electron chi connectivity index (χ1n) is 5.19.